The number of para-hydroxylation sites is 2. The van der Waals surface area contributed by atoms with Crippen LogP contribution in [0.3, 0.4) is 0 Å². The number of carbonyl (C=O) groups is 1. The van der Waals surface area contributed by atoms with E-state index in [1.165, 1.54) is 6.08 Å². The van der Waals surface area contributed by atoms with Gasteiger partial charge >= 0.3 is 0 Å². The summed E-state index contributed by atoms with van der Waals surface area (Å²) in [5.74, 6) is 0.433. The summed E-state index contributed by atoms with van der Waals surface area (Å²) >= 11 is 7.64. The van der Waals surface area contributed by atoms with E-state index < -0.39 is 0 Å². The highest BCUT2D eigenvalue weighted by Gasteiger charge is 2.05. The molecule has 4 nitrogen and oxygen atoms in total. The Morgan fingerprint density at radius 3 is 2.77 bits per heavy atom. The molecule has 0 radical (unpaired) electrons. The van der Waals surface area contributed by atoms with E-state index in [4.69, 9.17) is 16.3 Å². The Hall–Kier alpha value is -2.63. The molecule has 6 heteroatoms. The highest BCUT2D eigenvalue weighted by Crippen LogP contribution is 2.22. The lowest BCUT2D eigenvalue weighted by molar-refractivity contribution is -0.111. The van der Waals surface area contributed by atoms with E-state index >= 15 is 0 Å². The second kappa shape index (κ2) is 8.65. The van der Waals surface area contributed by atoms with Gasteiger partial charge in [0.05, 0.1) is 21.4 Å². The number of hydrogen-bond acceptors (Lipinski definition) is 4. The van der Waals surface area contributed by atoms with E-state index in [0.717, 1.165) is 16.3 Å². The lowest BCUT2D eigenvalue weighted by atomic mass is 10.2. The van der Waals surface area contributed by atoms with Gasteiger partial charge in [0.25, 0.3) is 0 Å². The normalized spacial score (nSPS) is 10.8. The van der Waals surface area contributed by atoms with Gasteiger partial charge in [0, 0.05) is 17.0 Å². The van der Waals surface area contributed by atoms with Gasteiger partial charge in [-0.05, 0) is 31.2 Å². The number of nitrogens with zero attached hydrogens (tertiary/aromatic N) is 1. The van der Waals surface area contributed by atoms with E-state index in [1.807, 2.05) is 48.7 Å². The van der Waals surface area contributed by atoms with E-state index in [-0.39, 0.29) is 5.91 Å². The third-order valence-corrected chi connectivity index (χ3v) is 4.66. The van der Waals surface area contributed by atoms with Gasteiger partial charge in [0.1, 0.15) is 12.4 Å². The minimum Gasteiger partial charge on any atom is -0.487 e. The van der Waals surface area contributed by atoms with Crippen LogP contribution in [0.2, 0.25) is 5.02 Å². The molecule has 0 saturated carbocycles. The highest BCUT2D eigenvalue weighted by molar-refractivity contribution is 7.09. The SMILES string of the molecule is Cc1nc(COc2ccccc2/C=C/C(=O)Nc2ccccc2Cl)cs1. The zero-order valence-corrected chi connectivity index (χ0v) is 15.7. The Bertz CT molecular complexity index is 937. The Balaban J connectivity index is 1.66. The van der Waals surface area contributed by atoms with Crippen LogP contribution in [-0.2, 0) is 11.4 Å². The van der Waals surface area contributed by atoms with Crippen molar-refractivity contribution in [2.75, 3.05) is 5.32 Å². The molecule has 1 heterocycles. The van der Waals surface area contributed by atoms with Gasteiger partial charge < -0.3 is 10.1 Å². The monoisotopic (exact) mass is 384 g/mol. The van der Waals surface area contributed by atoms with Gasteiger partial charge in [-0.3, -0.25) is 4.79 Å². The molecule has 0 spiro atoms. The third kappa shape index (κ3) is 4.94. The number of hydrogen-bond donors (Lipinski definition) is 1. The molecule has 0 aliphatic rings. The smallest absolute Gasteiger partial charge is 0.248 e. The van der Waals surface area contributed by atoms with Crippen molar-refractivity contribution < 1.29 is 9.53 Å². The van der Waals surface area contributed by atoms with Crippen molar-refractivity contribution in [1.82, 2.24) is 4.98 Å². The molecule has 132 valence electrons. The van der Waals surface area contributed by atoms with Crippen molar-refractivity contribution in [3.8, 4) is 5.75 Å². The number of nitrogens with one attached hydrogen (secondary N) is 1. The number of aromatic nitrogens is 1. The van der Waals surface area contributed by atoms with Crippen molar-refractivity contribution >= 4 is 40.6 Å². The van der Waals surface area contributed by atoms with Gasteiger partial charge in [-0.25, -0.2) is 4.98 Å². The van der Waals surface area contributed by atoms with Crippen LogP contribution in [0.4, 0.5) is 5.69 Å². The van der Waals surface area contributed by atoms with Gasteiger partial charge in [-0.2, -0.15) is 0 Å². The summed E-state index contributed by atoms with van der Waals surface area (Å²) in [6.07, 6.45) is 3.17. The molecule has 0 fully saturated rings. The minimum absolute atomic E-state index is 0.261. The number of benzene rings is 2. The van der Waals surface area contributed by atoms with Crippen molar-refractivity contribution in [3.63, 3.8) is 0 Å². The standard InChI is InChI=1S/C20H17ClN2O2S/c1-14-22-16(13-26-14)12-25-19-9-5-2-6-15(19)10-11-20(24)23-18-8-4-3-7-17(18)21/h2-11,13H,12H2,1H3,(H,23,24)/b11-10+. The Labute approximate surface area is 161 Å². The molecule has 0 aliphatic heterocycles. The second-order valence-electron chi connectivity index (χ2n) is 5.49. The number of amides is 1. The average molecular weight is 385 g/mol. The zero-order chi connectivity index (χ0) is 18.4. The molecule has 1 amide bonds. The fourth-order valence-electron chi connectivity index (χ4n) is 2.28. The van der Waals surface area contributed by atoms with Crippen LogP contribution in [0.25, 0.3) is 6.08 Å². The predicted octanol–water partition coefficient (Wildman–Crippen LogP) is 5.34. The van der Waals surface area contributed by atoms with Gasteiger partial charge in [0.2, 0.25) is 5.91 Å². The molecule has 1 aromatic heterocycles. The first kappa shape index (κ1) is 18.2. The molecule has 0 unspecified atom stereocenters. The topological polar surface area (TPSA) is 51.2 Å². The lowest BCUT2D eigenvalue weighted by Gasteiger charge is -2.08. The fourth-order valence-corrected chi connectivity index (χ4v) is 3.06. The molecule has 0 atom stereocenters. The van der Waals surface area contributed by atoms with Crippen LogP contribution >= 0.6 is 22.9 Å². The number of anilines is 1. The summed E-state index contributed by atoms with van der Waals surface area (Å²) in [5, 5.41) is 6.23. The van der Waals surface area contributed by atoms with Crippen molar-refractivity contribution in [2.24, 2.45) is 0 Å². The summed E-state index contributed by atoms with van der Waals surface area (Å²) in [4.78, 5) is 16.5. The maximum atomic E-state index is 12.1. The number of rotatable bonds is 6. The fraction of sp³-hybridized carbons (Fsp3) is 0.100. The molecule has 2 aromatic carbocycles. The number of aryl methyl sites for hydroxylation is 1. The third-order valence-electron chi connectivity index (χ3n) is 3.51. The lowest BCUT2D eigenvalue weighted by Crippen LogP contribution is -2.08. The Kier molecular flexibility index (Phi) is 6.04. The highest BCUT2D eigenvalue weighted by atomic mass is 35.5. The summed E-state index contributed by atoms with van der Waals surface area (Å²) < 4.78 is 5.85. The van der Waals surface area contributed by atoms with Crippen LogP contribution in [-0.4, -0.2) is 10.9 Å². The maximum absolute atomic E-state index is 12.1. The van der Waals surface area contributed by atoms with Crippen LogP contribution in [0, 0.1) is 6.92 Å². The Morgan fingerprint density at radius 2 is 2.00 bits per heavy atom. The maximum Gasteiger partial charge on any atom is 0.248 e. The van der Waals surface area contributed by atoms with Gasteiger partial charge in [-0.15, -0.1) is 11.3 Å². The quantitative estimate of drug-likeness (QED) is 0.584. The minimum atomic E-state index is -0.261. The summed E-state index contributed by atoms with van der Waals surface area (Å²) in [7, 11) is 0. The van der Waals surface area contributed by atoms with Crippen molar-refractivity contribution in [3.05, 3.63) is 81.3 Å². The molecule has 26 heavy (non-hydrogen) atoms. The molecular formula is C20H17ClN2O2S. The zero-order valence-electron chi connectivity index (χ0n) is 14.1. The Morgan fingerprint density at radius 1 is 1.23 bits per heavy atom. The molecule has 1 N–H and O–H groups in total. The van der Waals surface area contributed by atoms with E-state index in [2.05, 4.69) is 10.3 Å². The first-order valence-corrected chi connectivity index (χ1v) is 9.24. The van der Waals surface area contributed by atoms with E-state index in [9.17, 15) is 4.79 Å². The van der Waals surface area contributed by atoms with Gasteiger partial charge in [-0.1, -0.05) is 41.9 Å². The van der Waals surface area contributed by atoms with Gasteiger partial charge in [0.15, 0.2) is 0 Å². The van der Waals surface area contributed by atoms with Crippen molar-refractivity contribution in [1.29, 1.82) is 0 Å². The number of ether oxygens (including phenoxy) is 1. The molecule has 3 rings (SSSR count). The molecule has 0 bridgehead atoms. The number of thiazole rings is 1. The first-order chi connectivity index (χ1) is 12.6. The summed E-state index contributed by atoms with van der Waals surface area (Å²) in [6, 6.07) is 14.6. The average Bonchev–Trinajstić information content (AvgIpc) is 3.06. The molecule has 0 saturated heterocycles. The van der Waals surface area contributed by atoms with E-state index in [0.29, 0.717) is 23.1 Å². The molecular weight excluding hydrogens is 368 g/mol. The molecule has 0 aliphatic carbocycles. The number of halogens is 1. The number of carbonyl (C=O) groups excluding carboxylic acids is 1. The summed E-state index contributed by atoms with van der Waals surface area (Å²) in [6.45, 7) is 2.35. The largest absolute Gasteiger partial charge is 0.487 e. The first-order valence-electron chi connectivity index (χ1n) is 7.98. The second-order valence-corrected chi connectivity index (χ2v) is 6.96. The summed E-state index contributed by atoms with van der Waals surface area (Å²) in [5.41, 5.74) is 2.28. The molecule has 3 aromatic rings. The van der Waals surface area contributed by atoms with Crippen LogP contribution in [0.1, 0.15) is 16.3 Å². The predicted molar refractivity (Wildman–Crippen MR) is 107 cm³/mol. The van der Waals surface area contributed by atoms with E-state index in [1.54, 1.807) is 29.5 Å². The van der Waals surface area contributed by atoms with Crippen LogP contribution in [0.5, 0.6) is 5.75 Å². The van der Waals surface area contributed by atoms with Crippen LogP contribution < -0.4 is 10.1 Å². The van der Waals surface area contributed by atoms with Crippen molar-refractivity contribution in [2.45, 2.75) is 13.5 Å². The van der Waals surface area contributed by atoms with Crippen LogP contribution in [0.15, 0.2) is 60.0 Å².